The fourth-order valence-electron chi connectivity index (χ4n) is 4.66. The summed E-state index contributed by atoms with van der Waals surface area (Å²) in [5, 5.41) is 1.20. The number of allylic oxidation sites excluding steroid dienone is 1. The molecule has 0 saturated carbocycles. The largest absolute Gasteiger partial charge is 0.493 e. The first-order chi connectivity index (χ1) is 17.1. The standard InChI is InChI=1S/C27H37N7O/c1-5-7-10-27(31-32-27)11-16-35-24-9-8-22-17-23(30-25(22)18-24)20-33-12-14-34(15-13-33)26(29-4)21(6-2)19-28-3/h1,8-9,17-19,30-32H,4,6-7,10-16,20H2,2-3H3/b26-21+,28-19-. The van der Waals surface area contributed by atoms with Crippen molar-refractivity contribution >= 4 is 23.8 Å². The van der Waals surface area contributed by atoms with Crippen molar-refractivity contribution in [2.75, 3.05) is 39.8 Å². The van der Waals surface area contributed by atoms with Gasteiger partial charge in [-0.05, 0) is 43.1 Å². The third-order valence-corrected chi connectivity index (χ3v) is 6.79. The molecule has 0 amide bonds. The average molecular weight is 476 g/mol. The topological polar surface area (TPSA) is 100 Å². The molecule has 35 heavy (non-hydrogen) atoms. The van der Waals surface area contributed by atoms with E-state index in [2.05, 4.69) is 73.4 Å². The number of fused-ring (bicyclic) bond motifs is 1. The van der Waals surface area contributed by atoms with Crippen molar-refractivity contribution in [2.24, 2.45) is 9.98 Å². The van der Waals surface area contributed by atoms with E-state index in [4.69, 9.17) is 11.2 Å². The number of hydrogen-bond acceptors (Lipinski definition) is 7. The number of piperazine rings is 1. The first-order valence-corrected chi connectivity index (χ1v) is 12.4. The third kappa shape index (κ3) is 6.31. The number of aliphatic imine (C=N–C) groups is 2. The molecular weight excluding hydrogens is 438 g/mol. The fraction of sp³-hybridized carbons (Fsp3) is 0.481. The van der Waals surface area contributed by atoms with E-state index in [-0.39, 0.29) is 5.66 Å². The molecule has 0 aliphatic carbocycles. The van der Waals surface area contributed by atoms with Crippen LogP contribution >= 0.6 is 0 Å². The summed E-state index contributed by atoms with van der Waals surface area (Å²) in [4.78, 5) is 16.9. The van der Waals surface area contributed by atoms with Crippen LogP contribution in [0.15, 0.2) is 45.6 Å². The van der Waals surface area contributed by atoms with Gasteiger partial charge in [-0.15, -0.1) is 12.3 Å². The molecule has 2 aliphatic rings. The Morgan fingerprint density at radius 2 is 2.03 bits per heavy atom. The van der Waals surface area contributed by atoms with Gasteiger partial charge in [0, 0.05) is 81.7 Å². The van der Waals surface area contributed by atoms with Crippen molar-refractivity contribution in [3.05, 3.63) is 41.4 Å². The Bertz CT molecular complexity index is 1110. The molecule has 3 N–H and O–H groups in total. The first-order valence-electron chi connectivity index (χ1n) is 12.4. The van der Waals surface area contributed by atoms with Crippen LogP contribution in [0.4, 0.5) is 0 Å². The molecule has 2 fully saturated rings. The van der Waals surface area contributed by atoms with Crippen molar-refractivity contribution in [1.29, 1.82) is 0 Å². The Morgan fingerprint density at radius 1 is 1.23 bits per heavy atom. The van der Waals surface area contributed by atoms with Crippen LogP contribution in [0.2, 0.25) is 0 Å². The second-order valence-electron chi connectivity index (χ2n) is 9.19. The smallest absolute Gasteiger partial charge is 0.132 e. The van der Waals surface area contributed by atoms with Crippen LogP contribution in [-0.4, -0.2) is 73.2 Å². The van der Waals surface area contributed by atoms with Gasteiger partial charge in [-0.2, -0.15) is 0 Å². The maximum Gasteiger partial charge on any atom is 0.132 e. The quantitative estimate of drug-likeness (QED) is 0.248. The summed E-state index contributed by atoms with van der Waals surface area (Å²) in [6.07, 6.45) is 10.7. The number of hydrogen-bond donors (Lipinski definition) is 3. The zero-order valence-corrected chi connectivity index (χ0v) is 20.9. The molecule has 0 unspecified atom stereocenters. The normalized spacial score (nSPS) is 18.5. The van der Waals surface area contributed by atoms with Crippen LogP contribution in [0, 0.1) is 12.3 Å². The predicted octanol–water partition coefficient (Wildman–Crippen LogP) is 3.29. The van der Waals surface area contributed by atoms with Crippen molar-refractivity contribution in [3.8, 4) is 18.1 Å². The zero-order chi connectivity index (χ0) is 24.7. The number of nitrogens with one attached hydrogen (secondary N) is 3. The first kappa shape index (κ1) is 25.0. The molecule has 186 valence electrons. The molecule has 2 saturated heterocycles. The van der Waals surface area contributed by atoms with E-state index in [1.54, 1.807) is 7.05 Å². The van der Waals surface area contributed by atoms with Gasteiger partial charge in [-0.25, -0.2) is 15.8 Å². The van der Waals surface area contributed by atoms with Gasteiger partial charge in [0.2, 0.25) is 0 Å². The maximum absolute atomic E-state index is 6.02. The minimum atomic E-state index is -0.0555. The predicted molar refractivity (Wildman–Crippen MR) is 144 cm³/mol. The second-order valence-corrected chi connectivity index (χ2v) is 9.19. The van der Waals surface area contributed by atoms with E-state index in [1.165, 1.54) is 11.1 Å². The van der Waals surface area contributed by atoms with Gasteiger partial charge < -0.3 is 14.6 Å². The fourth-order valence-corrected chi connectivity index (χ4v) is 4.66. The van der Waals surface area contributed by atoms with Crippen LogP contribution in [0.1, 0.15) is 38.3 Å². The monoisotopic (exact) mass is 475 g/mol. The summed E-state index contributed by atoms with van der Waals surface area (Å²) in [7, 11) is 1.80. The number of nitrogens with zero attached hydrogens (tertiary/aromatic N) is 4. The molecule has 4 rings (SSSR count). The molecular formula is C27H37N7O. The number of aromatic nitrogens is 1. The Balaban J connectivity index is 1.30. The zero-order valence-electron chi connectivity index (χ0n) is 20.9. The van der Waals surface area contributed by atoms with Crippen LogP contribution in [0.25, 0.3) is 10.9 Å². The van der Waals surface area contributed by atoms with Gasteiger partial charge in [0.15, 0.2) is 0 Å². The summed E-state index contributed by atoms with van der Waals surface area (Å²) >= 11 is 0. The van der Waals surface area contributed by atoms with E-state index in [1.807, 2.05) is 12.3 Å². The molecule has 0 bridgehead atoms. The molecule has 0 atom stereocenters. The lowest BCUT2D eigenvalue weighted by Crippen LogP contribution is -2.45. The van der Waals surface area contributed by atoms with Gasteiger partial charge in [-0.1, -0.05) is 6.92 Å². The Morgan fingerprint density at radius 3 is 2.69 bits per heavy atom. The Kier molecular flexibility index (Phi) is 8.24. The number of rotatable bonds is 12. The molecule has 1 aromatic heterocycles. The number of H-pyrrole nitrogens is 1. The van der Waals surface area contributed by atoms with E-state index in [0.29, 0.717) is 6.61 Å². The van der Waals surface area contributed by atoms with Gasteiger partial charge >= 0.3 is 0 Å². The molecule has 0 radical (unpaired) electrons. The summed E-state index contributed by atoms with van der Waals surface area (Å²) in [6.45, 7) is 11.3. The van der Waals surface area contributed by atoms with Gasteiger partial charge in [0.1, 0.15) is 11.6 Å². The maximum atomic E-state index is 6.02. The summed E-state index contributed by atoms with van der Waals surface area (Å²) in [5.74, 6) is 4.54. The number of hydrazine groups is 1. The Labute approximate surface area is 208 Å². The number of benzene rings is 1. The van der Waals surface area contributed by atoms with E-state index in [0.717, 1.165) is 81.1 Å². The van der Waals surface area contributed by atoms with Crippen LogP contribution in [0.3, 0.4) is 0 Å². The Hall–Kier alpha value is -3.12. The summed E-state index contributed by atoms with van der Waals surface area (Å²) < 4.78 is 6.02. The summed E-state index contributed by atoms with van der Waals surface area (Å²) in [5.41, 5.74) is 9.82. The lowest BCUT2D eigenvalue weighted by molar-refractivity contribution is 0.150. The van der Waals surface area contributed by atoms with Crippen molar-refractivity contribution in [2.45, 2.75) is 44.8 Å². The second kappa shape index (κ2) is 11.5. The lowest BCUT2D eigenvalue weighted by atomic mass is 10.1. The van der Waals surface area contributed by atoms with Crippen LogP contribution in [-0.2, 0) is 6.54 Å². The van der Waals surface area contributed by atoms with Gasteiger partial charge in [0.25, 0.3) is 0 Å². The summed E-state index contributed by atoms with van der Waals surface area (Å²) in [6, 6.07) is 8.50. The molecule has 2 aromatic rings. The molecule has 8 heteroatoms. The van der Waals surface area contributed by atoms with Gasteiger partial charge in [0.05, 0.1) is 12.3 Å². The minimum absolute atomic E-state index is 0.0555. The van der Waals surface area contributed by atoms with Gasteiger partial charge in [-0.3, -0.25) is 9.89 Å². The molecule has 3 heterocycles. The van der Waals surface area contributed by atoms with Crippen LogP contribution in [0.5, 0.6) is 5.75 Å². The average Bonchev–Trinajstić information content (AvgIpc) is 3.53. The van der Waals surface area contributed by atoms with Crippen LogP contribution < -0.4 is 15.6 Å². The highest BCUT2D eigenvalue weighted by Crippen LogP contribution is 2.25. The third-order valence-electron chi connectivity index (χ3n) is 6.79. The van der Waals surface area contributed by atoms with Crippen molar-refractivity contribution in [3.63, 3.8) is 0 Å². The number of terminal acetylenes is 1. The highest BCUT2D eigenvalue weighted by Gasteiger charge is 2.40. The number of ether oxygens (including phenoxy) is 1. The van der Waals surface area contributed by atoms with E-state index >= 15 is 0 Å². The number of aromatic amines is 1. The molecule has 1 aromatic carbocycles. The highest BCUT2D eigenvalue weighted by atomic mass is 16.5. The SMILES string of the molecule is C#CCCC1(CCOc2ccc3cc(CN4CCN(/C(N=C)=C(/C=N\C)CC)CC4)[nH]c3c2)NN1. The molecule has 2 aliphatic heterocycles. The molecule has 0 spiro atoms. The lowest BCUT2D eigenvalue weighted by Gasteiger charge is -2.36. The van der Waals surface area contributed by atoms with E-state index in [9.17, 15) is 0 Å². The highest BCUT2D eigenvalue weighted by molar-refractivity contribution is 5.82. The minimum Gasteiger partial charge on any atom is -0.493 e. The van der Waals surface area contributed by atoms with E-state index < -0.39 is 0 Å². The molecule has 8 nitrogen and oxygen atoms in total. The van der Waals surface area contributed by atoms with Crippen molar-refractivity contribution < 1.29 is 4.74 Å². The van der Waals surface area contributed by atoms with Crippen molar-refractivity contribution in [1.82, 2.24) is 25.6 Å².